The lowest BCUT2D eigenvalue weighted by Gasteiger charge is -2.07. The van der Waals surface area contributed by atoms with E-state index in [9.17, 15) is 4.39 Å². The van der Waals surface area contributed by atoms with Crippen molar-refractivity contribution < 1.29 is 9.50 Å². The van der Waals surface area contributed by atoms with Gasteiger partial charge in [-0.25, -0.2) is 4.39 Å². The number of hydrogen-bond donors (Lipinski definition) is 2. The number of aliphatic imine (C=N–C) groups is 1. The predicted molar refractivity (Wildman–Crippen MR) is 72.0 cm³/mol. The van der Waals surface area contributed by atoms with E-state index in [4.69, 9.17) is 10.8 Å². The predicted octanol–water partition coefficient (Wildman–Crippen LogP) is 2.41. The summed E-state index contributed by atoms with van der Waals surface area (Å²) in [4.78, 5) is 3.78. The molecule has 0 bridgehead atoms. The number of aryl methyl sites for hydroxylation is 2. The second kappa shape index (κ2) is 9.78. The Hall–Kier alpha value is -1.42. The van der Waals surface area contributed by atoms with Gasteiger partial charge in [0.15, 0.2) is 0 Å². The van der Waals surface area contributed by atoms with Gasteiger partial charge in [-0.15, -0.1) is 0 Å². The molecule has 98 valence electrons. The summed E-state index contributed by atoms with van der Waals surface area (Å²) in [6.45, 7) is 7.52. The van der Waals surface area contributed by atoms with E-state index in [-0.39, 0.29) is 11.7 Å². The standard InChI is InChI=1S/C10H13FN2.C2H6.CH4O/c1-6-4-5-7(2)9(11)8(6)10(12)13-3;2*1-2/h4-5H,1-3H3,(H2,12,13);1-2H3;2H,1H3. The zero-order valence-electron chi connectivity index (χ0n) is 11.5. The fourth-order valence-corrected chi connectivity index (χ4v) is 1.20. The highest BCUT2D eigenvalue weighted by Gasteiger charge is 2.11. The van der Waals surface area contributed by atoms with E-state index in [0.717, 1.165) is 12.7 Å². The molecule has 0 saturated heterocycles. The van der Waals surface area contributed by atoms with E-state index >= 15 is 0 Å². The molecule has 0 aliphatic carbocycles. The van der Waals surface area contributed by atoms with Crippen LogP contribution in [-0.2, 0) is 0 Å². The zero-order valence-corrected chi connectivity index (χ0v) is 11.5. The van der Waals surface area contributed by atoms with Gasteiger partial charge in [0, 0.05) is 14.2 Å². The van der Waals surface area contributed by atoms with Crippen molar-refractivity contribution in [2.75, 3.05) is 14.2 Å². The molecule has 0 unspecified atom stereocenters. The highest BCUT2D eigenvalue weighted by atomic mass is 19.1. The fourth-order valence-electron chi connectivity index (χ4n) is 1.20. The number of aliphatic hydroxyl groups excluding tert-OH is 1. The maximum Gasteiger partial charge on any atom is 0.137 e. The Kier molecular flexibility index (Phi) is 10.3. The number of hydrogen-bond acceptors (Lipinski definition) is 2. The van der Waals surface area contributed by atoms with Gasteiger partial charge in [-0.2, -0.15) is 0 Å². The van der Waals surface area contributed by atoms with Crippen LogP contribution >= 0.6 is 0 Å². The molecular formula is C13H23FN2O. The quantitative estimate of drug-likeness (QED) is 0.587. The normalized spacial score (nSPS) is 9.76. The molecule has 0 radical (unpaired) electrons. The van der Waals surface area contributed by atoms with Crippen molar-refractivity contribution in [1.82, 2.24) is 0 Å². The van der Waals surface area contributed by atoms with Crippen LogP contribution < -0.4 is 5.73 Å². The van der Waals surface area contributed by atoms with E-state index in [1.807, 2.05) is 26.8 Å². The summed E-state index contributed by atoms with van der Waals surface area (Å²) < 4.78 is 13.5. The number of nitrogens with two attached hydrogens (primary N) is 1. The Bertz CT molecular complexity index is 363. The first-order chi connectivity index (χ1) is 8.07. The van der Waals surface area contributed by atoms with Crippen molar-refractivity contribution in [2.24, 2.45) is 10.7 Å². The molecule has 0 heterocycles. The van der Waals surface area contributed by atoms with Crippen molar-refractivity contribution in [3.63, 3.8) is 0 Å². The molecule has 1 aromatic rings. The van der Waals surface area contributed by atoms with E-state index < -0.39 is 0 Å². The van der Waals surface area contributed by atoms with Crippen LogP contribution in [0.3, 0.4) is 0 Å². The van der Waals surface area contributed by atoms with Crippen LogP contribution in [0, 0.1) is 19.7 Å². The van der Waals surface area contributed by atoms with E-state index in [1.54, 1.807) is 20.0 Å². The van der Waals surface area contributed by atoms with Crippen LogP contribution in [0.2, 0.25) is 0 Å². The number of rotatable bonds is 1. The van der Waals surface area contributed by atoms with Gasteiger partial charge < -0.3 is 10.8 Å². The first kappa shape index (κ1) is 18.0. The number of aliphatic hydroxyl groups is 1. The van der Waals surface area contributed by atoms with Crippen molar-refractivity contribution in [1.29, 1.82) is 0 Å². The fraction of sp³-hybridized carbons (Fsp3) is 0.462. The molecule has 1 aromatic carbocycles. The summed E-state index contributed by atoms with van der Waals surface area (Å²) in [5.74, 6) is -0.0261. The van der Waals surface area contributed by atoms with Crippen molar-refractivity contribution in [3.05, 3.63) is 34.6 Å². The number of amidine groups is 1. The Morgan fingerprint density at radius 2 is 1.59 bits per heavy atom. The monoisotopic (exact) mass is 242 g/mol. The third-order valence-corrected chi connectivity index (χ3v) is 2.04. The van der Waals surface area contributed by atoms with Gasteiger partial charge in [-0.3, -0.25) is 4.99 Å². The highest BCUT2D eigenvalue weighted by molar-refractivity contribution is 5.99. The Morgan fingerprint density at radius 3 is 2.00 bits per heavy atom. The molecular weight excluding hydrogens is 219 g/mol. The van der Waals surface area contributed by atoms with Gasteiger partial charge in [0.1, 0.15) is 11.7 Å². The number of halogens is 1. The average molecular weight is 242 g/mol. The minimum atomic E-state index is -0.275. The van der Waals surface area contributed by atoms with Crippen LogP contribution in [0.1, 0.15) is 30.5 Å². The lowest BCUT2D eigenvalue weighted by molar-refractivity contribution is 0.399. The molecule has 0 fully saturated rings. The van der Waals surface area contributed by atoms with Crippen LogP contribution in [0.25, 0.3) is 0 Å². The number of nitrogens with zero attached hydrogens (tertiary/aromatic N) is 1. The largest absolute Gasteiger partial charge is 0.400 e. The third-order valence-electron chi connectivity index (χ3n) is 2.04. The van der Waals surface area contributed by atoms with Gasteiger partial charge in [-0.05, 0) is 25.0 Å². The van der Waals surface area contributed by atoms with E-state index in [0.29, 0.717) is 11.1 Å². The summed E-state index contributed by atoms with van der Waals surface area (Å²) in [7, 11) is 2.55. The smallest absolute Gasteiger partial charge is 0.137 e. The third kappa shape index (κ3) is 4.95. The lowest BCUT2D eigenvalue weighted by atomic mass is 10.0. The topological polar surface area (TPSA) is 58.6 Å². The Balaban J connectivity index is 0. The molecule has 17 heavy (non-hydrogen) atoms. The molecule has 1 rings (SSSR count). The molecule has 0 aliphatic heterocycles. The maximum absolute atomic E-state index is 13.5. The molecule has 0 aromatic heterocycles. The minimum absolute atomic E-state index is 0.249. The summed E-state index contributed by atoms with van der Waals surface area (Å²) in [5.41, 5.74) is 7.40. The minimum Gasteiger partial charge on any atom is -0.400 e. The lowest BCUT2D eigenvalue weighted by Crippen LogP contribution is -2.17. The molecule has 4 heteroatoms. The summed E-state index contributed by atoms with van der Waals surface area (Å²) >= 11 is 0. The zero-order chi connectivity index (χ0) is 14.0. The SMILES string of the molecule is CC.CN=C(N)c1c(C)ccc(C)c1F.CO. The molecule has 3 nitrogen and oxygen atoms in total. The second-order valence-electron chi connectivity index (χ2n) is 3.00. The maximum atomic E-state index is 13.5. The van der Waals surface area contributed by atoms with Gasteiger partial charge >= 0.3 is 0 Å². The second-order valence-corrected chi connectivity index (χ2v) is 3.00. The molecule has 0 spiro atoms. The van der Waals surface area contributed by atoms with Gasteiger partial charge in [0.05, 0.1) is 5.56 Å². The van der Waals surface area contributed by atoms with Gasteiger partial charge in [-0.1, -0.05) is 26.0 Å². The van der Waals surface area contributed by atoms with E-state index in [1.165, 1.54) is 0 Å². The van der Waals surface area contributed by atoms with Crippen molar-refractivity contribution in [2.45, 2.75) is 27.7 Å². The van der Waals surface area contributed by atoms with Crippen LogP contribution in [-0.4, -0.2) is 25.1 Å². The molecule has 0 aliphatic rings. The Labute approximate surface area is 103 Å². The Morgan fingerprint density at radius 1 is 1.18 bits per heavy atom. The average Bonchev–Trinajstić information content (AvgIpc) is 2.39. The van der Waals surface area contributed by atoms with Crippen LogP contribution in [0.5, 0.6) is 0 Å². The summed E-state index contributed by atoms with van der Waals surface area (Å²) in [6.07, 6.45) is 0. The molecule has 0 amide bonds. The first-order valence-corrected chi connectivity index (χ1v) is 5.51. The molecule has 0 atom stereocenters. The summed E-state index contributed by atoms with van der Waals surface area (Å²) in [5, 5.41) is 7.00. The van der Waals surface area contributed by atoms with Crippen molar-refractivity contribution in [3.8, 4) is 0 Å². The van der Waals surface area contributed by atoms with E-state index in [2.05, 4.69) is 4.99 Å². The van der Waals surface area contributed by atoms with Gasteiger partial charge in [0.25, 0.3) is 0 Å². The molecule has 3 N–H and O–H groups in total. The van der Waals surface area contributed by atoms with Crippen LogP contribution in [0.4, 0.5) is 4.39 Å². The highest BCUT2D eigenvalue weighted by Crippen LogP contribution is 2.16. The summed E-state index contributed by atoms with van der Waals surface area (Å²) in [6, 6.07) is 3.57. The van der Waals surface area contributed by atoms with Crippen LogP contribution in [0.15, 0.2) is 17.1 Å². The molecule has 0 saturated carbocycles. The van der Waals surface area contributed by atoms with Crippen molar-refractivity contribution >= 4 is 5.84 Å². The van der Waals surface area contributed by atoms with Gasteiger partial charge in [0.2, 0.25) is 0 Å². The number of benzene rings is 1. The first-order valence-electron chi connectivity index (χ1n) is 5.51.